The summed E-state index contributed by atoms with van der Waals surface area (Å²) in [6, 6.07) is 7.84. The average molecular weight is 272 g/mol. The largest absolute Gasteiger partial charge is 0.493 e. The van der Waals surface area contributed by atoms with E-state index in [0.29, 0.717) is 19.4 Å². The Bertz CT molecular complexity index is 575. The molecule has 0 spiro atoms. The van der Waals surface area contributed by atoms with Gasteiger partial charge in [0.15, 0.2) is 0 Å². The molecule has 1 aromatic carbocycles. The van der Waals surface area contributed by atoms with Gasteiger partial charge in [0, 0.05) is 25.4 Å². The third-order valence-corrected chi connectivity index (χ3v) is 3.14. The molecule has 4 heteroatoms. The second-order valence-electron chi connectivity index (χ2n) is 4.76. The predicted molar refractivity (Wildman–Crippen MR) is 77.9 cm³/mol. The zero-order chi connectivity index (χ0) is 14.4. The van der Waals surface area contributed by atoms with Gasteiger partial charge >= 0.3 is 0 Å². The summed E-state index contributed by atoms with van der Waals surface area (Å²) >= 11 is 0. The van der Waals surface area contributed by atoms with Gasteiger partial charge < -0.3 is 9.30 Å². The maximum atomic E-state index is 11.9. The molecular weight excluding hydrogens is 252 g/mol. The van der Waals surface area contributed by atoms with Crippen molar-refractivity contribution in [2.24, 2.45) is 0 Å². The van der Waals surface area contributed by atoms with E-state index in [9.17, 15) is 4.79 Å². The van der Waals surface area contributed by atoms with Crippen LogP contribution in [0.25, 0.3) is 0 Å². The number of carbonyl (C=O) groups is 1. The van der Waals surface area contributed by atoms with Crippen molar-refractivity contribution in [1.29, 1.82) is 0 Å². The summed E-state index contributed by atoms with van der Waals surface area (Å²) < 4.78 is 7.57. The highest BCUT2D eigenvalue weighted by Gasteiger charge is 2.08. The summed E-state index contributed by atoms with van der Waals surface area (Å²) in [4.78, 5) is 16.1. The number of aryl methyl sites for hydroxylation is 2. The number of carbonyl (C=O) groups excluding carboxylic acids is 1. The second kappa shape index (κ2) is 6.89. The minimum Gasteiger partial charge on any atom is -0.493 e. The predicted octanol–water partition coefficient (Wildman–Crippen LogP) is 2.79. The molecule has 1 aromatic heterocycles. The van der Waals surface area contributed by atoms with Crippen LogP contribution in [-0.4, -0.2) is 21.9 Å². The third-order valence-electron chi connectivity index (χ3n) is 3.14. The molecular formula is C16H20N2O2. The minimum absolute atomic E-state index is 0.151. The summed E-state index contributed by atoms with van der Waals surface area (Å²) in [5, 5.41) is 0. The number of hydrogen-bond donors (Lipinski definition) is 0. The van der Waals surface area contributed by atoms with Crippen molar-refractivity contribution in [2.45, 2.75) is 33.2 Å². The van der Waals surface area contributed by atoms with E-state index in [1.165, 1.54) is 0 Å². The average Bonchev–Trinajstić information content (AvgIpc) is 2.86. The molecule has 0 bridgehead atoms. The first-order valence-corrected chi connectivity index (χ1v) is 6.90. The lowest BCUT2D eigenvalue weighted by molar-refractivity contribution is -0.119. The number of ketones is 1. The maximum Gasteiger partial charge on any atom is 0.143 e. The van der Waals surface area contributed by atoms with Gasteiger partial charge in [-0.3, -0.25) is 4.79 Å². The van der Waals surface area contributed by atoms with Crippen molar-refractivity contribution in [3.8, 4) is 5.75 Å². The fourth-order valence-corrected chi connectivity index (χ4v) is 2.05. The monoisotopic (exact) mass is 272 g/mol. The molecule has 2 rings (SSSR count). The molecule has 0 atom stereocenters. The Morgan fingerprint density at radius 3 is 3.00 bits per heavy atom. The summed E-state index contributed by atoms with van der Waals surface area (Å²) in [6.45, 7) is 5.30. The van der Waals surface area contributed by atoms with Crippen LogP contribution in [0.4, 0.5) is 0 Å². The Labute approximate surface area is 119 Å². The zero-order valence-corrected chi connectivity index (χ0v) is 12.0. The first kappa shape index (κ1) is 14.3. The van der Waals surface area contributed by atoms with Gasteiger partial charge in [0.25, 0.3) is 0 Å². The number of ether oxygens (including phenoxy) is 1. The van der Waals surface area contributed by atoms with Gasteiger partial charge in [-0.05, 0) is 31.5 Å². The number of imidazole rings is 1. The molecule has 0 aliphatic heterocycles. The van der Waals surface area contributed by atoms with Crippen molar-refractivity contribution in [1.82, 2.24) is 9.55 Å². The van der Waals surface area contributed by atoms with Crippen LogP contribution in [0.3, 0.4) is 0 Å². The van der Waals surface area contributed by atoms with E-state index in [-0.39, 0.29) is 5.78 Å². The number of rotatable bonds is 7. The van der Waals surface area contributed by atoms with Crippen molar-refractivity contribution >= 4 is 5.78 Å². The number of nitrogens with zero attached hydrogens (tertiary/aromatic N) is 2. The van der Waals surface area contributed by atoms with Crippen LogP contribution < -0.4 is 4.74 Å². The molecule has 0 N–H and O–H groups in total. The lowest BCUT2D eigenvalue weighted by Crippen LogP contribution is -2.12. The molecule has 0 aliphatic rings. The van der Waals surface area contributed by atoms with Gasteiger partial charge in [0.1, 0.15) is 17.4 Å². The maximum absolute atomic E-state index is 11.9. The number of Topliss-reactive ketones (excluding diaryl/α,β-unsaturated/α-hetero) is 1. The van der Waals surface area contributed by atoms with E-state index < -0.39 is 0 Å². The van der Waals surface area contributed by atoms with Crippen molar-refractivity contribution in [3.05, 3.63) is 48.0 Å². The molecule has 2 aromatic rings. The Morgan fingerprint density at radius 2 is 2.25 bits per heavy atom. The SMILES string of the molecule is CCn1ccnc1CC(=O)CCOc1cccc(C)c1. The fraction of sp³-hybridized carbons (Fsp3) is 0.375. The third kappa shape index (κ3) is 3.95. The molecule has 0 saturated heterocycles. The van der Waals surface area contributed by atoms with Gasteiger partial charge in [-0.2, -0.15) is 0 Å². The van der Waals surface area contributed by atoms with Gasteiger partial charge in [-0.1, -0.05) is 12.1 Å². The van der Waals surface area contributed by atoms with Crippen molar-refractivity contribution < 1.29 is 9.53 Å². The van der Waals surface area contributed by atoms with E-state index in [4.69, 9.17) is 4.74 Å². The van der Waals surface area contributed by atoms with Crippen LogP contribution in [0.5, 0.6) is 5.75 Å². The first-order chi connectivity index (χ1) is 9.69. The Kier molecular flexibility index (Phi) is 4.93. The first-order valence-electron chi connectivity index (χ1n) is 6.90. The summed E-state index contributed by atoms with van der Waals surface area (Å²) in [5.74, 6) is 1.79. The Morgan fingerprint density at radius 1 is 1.40 bits per heavy atom. The van der Waals surface area contributed by atoms with Crippen LogP contribution in [0.15, 0.2) is 36.7 Å². The molecule has 0 unspecified atom stereocenters. The van der Waals surface area contributed by atoms with Gasteiger partial charge in [-0.25, -0.2) is 4.98 Å². The Balaban J connectivity index is 1.78. The van der Waals surface area contributed by atoms with Crippen LogP contribution in [-0.2, 0) is 17.8 Å². The van der Waals surface area contributed by atoms with E-state index in [2.05, 4.69) is 4.98 Å². The lowest BCUT2D eigenvalue weighted by Gasteiger charge is -2.07. The number of hydrogen-bond acceptors (Lipinski definition) is 3. The van der Waals surface area contributed by atoms with E-state index in [1.54, 1.807) is 6.20 Å². The quantitative estimate of drug-likeness (QED) is 0.778. The van der Waals surface area contributed by atoms with Crippen LogP contribution in [0.1, 0.15) is 24.7 Å². The molecule has 1 heterocycles. The molecule has 20 heavy (non-hydrogen) atoms. The van der Waals surface area contributed by atoms with Crippen molar-refractivity contribution in [3.63, 3.8) is 0 Å². The van der Waals surface area contributed by atoms with Gasteiger partial charge in [0.05, 0.1) is 13.0 Å². The summed E-state index contributed by atoms with van der Waals surface area (Å²) in [7, 11) is 0. The van der Waals surface area contributed by atoms with Gasteiger partial charge in [0.2, 0.25) is 0 Å². The normalized spacial score (nSPS) is 10.5. The standard InChI is InChI=1S/C16H20N2O2/c1-3-18-9-8-17-16(18)12-14(19)7-10-20-15-6-4-5-13(2)11-15/h4-6,8-9,11H,3,7,10,12H2,1-2H3. The van der Waals surface area contributed by atoms with Crippen LogP contribution >= 0.6 is 0 Å². The molecule has 0 radical (unpaired) electrons. The molecule has 4 nitrogen and oxygen atoms in total. The molecule has 0 aliphatic carbocycles. The number of aromatic nitrogens is 2. The highest BCUT2D eigenvalue weighted by molar-refractivity contribution is 5.80. The summed E-state index contributed by atoms with van der Waals surface area (Å²) in [6.07, 6.45) is 4.41. The fourth-order valence-electron chi connectivity index (χ4n) is 2.05. The molecule has 0 saturated carbocycles. The smallest absolute Gasteiger partial charge is 0.143 e. The Hall–Kier alpha value is -2.10. The molecule has 106 valence electrons. The lowest BCUT2D eigenvalue weighted by atomic mass is 10.2. The van der Waals surface area contributed by atoms with E-state index in [0.717, 1.165) is 23.7 Å². The van der Waals surface area contributed by atoms with Gasteiger partial charge in [-0.15, -0.1) is 0 Å². The van der Waals surface area contributed by atoms with Crippen molar-refractivity contribution in [2.75, 3.05) is 6.61 Å². The van der Waals surface area contributed by atoms with E-state index >= 15 is 0 Å². The van der Waals surface area contributed by atoms with Crippen LogP contribution in [0.2, 0.25) is 0 Å². The summed E-state index contributed by atoms with van der Waals surface area (Å²) in [5.41, 5.74) is 1.15. The molecule has 0 amide bonds. The van der Waals surface area contributed by atoms with Crippen LogP contribution in [0, 0.1) is 6.92 Å². The topological polar surface area (TPSA) is 44.1 Å². The van der Waals surface area contributed by atoms with E-state index in [1.807, 2.05) is 48.9 Å². The number of benzene rings is 1. The minimum atomic E-state index is 0.151. The highest BCUT2D eigenvalue weighted by atomic mass is 16.5. The zero-order valence-electron chi connectivity index (χ0n) is 12.0. The second-order valence-corrected chi connectivity index (χ2v) is 4.76. The highest BCUT2D eigenvalue weighted by Crippen LogP contribution is 2.12. The molecule has 0 fully saturated rings.